The highest BCUT2D eigenvalue weighted by Crippen LogP contribution is 2.27. The van der Waals surface area contributed by atoms with Crippen LogP contribution in [-0.2, 0) is 0 Å². The van der Waals surface area contributed by atoms with Crippen LogP contribution in [0.4, 0.5) is 13.2 Å². The molecule has 0 saturated heterocycles. The van der Waals surface area contributed by atoms with Gasteiger partial charge in [-0.2, -0.15) is 13.2 Å². The van der Waals surface area contributed by atoms with Gasteiger partial charge >= 0.3 is 6.18 Å². The van der Waals surface area contributed by atoms with Crippen molar-refractivity contribution >= 4 is 10.8 Å². The van der Waals surface area contributed by atoms with Crippen molar-refractivity contribution in [1.82, 2.24) is 5.32 Å². The number of benzene rings is 2. The van der Waals surface area contributed by atoms with Gasteiger partial charge in [-0.25, -0.2) is 0 Å². The molecule has 0 spiro atoms. The van der Waals surface area contributed by atoms with E-state index in [9.17, 15) is 13.2 Å². The molecule has 0 bridgehead atoms. The summed E-state index contributed by atoms with van der Waals surface area (Å²) < 4.78 is 36.7. The molecule has 0 aliphatic rings. The lowest BCUT2D eigenvalue weighted by atomic mass is 9.96. The zero-order valence-electron chi connectivity index (χ0n) is 10.9. The normalized spacial score (nSPS) is 13.7. The molecule has 4 heteroatoms. The molecule has 2 aromatic carbocycles. The molecule has 0 amide bonds. The van der Waals surface area contributed by atoms with Gasteiger partial charge in [-0.1, -0.05) is 36.4 Å². The van der Waals surface area contributed by atoms with Gasteiger partial charge in [0.1, 0.15) is 0 Å². The Morgan fingerprint density at radius 3 is 2.32 bits per heavy atom. The summed E-state index contributed by atoms with van der Waals surface area (Å²) in [5.41, 5.74) is 2.02. The first-order chi connectivity index (χ1) is 8.88. The van der Waals surface area contributed by atoms with Gasteiger partial charge in [-0.15, -0.1) is 0 Å². The predicted octanol–water partition coefficient (Wildman–Crippen LogP) is 4.36. The second-order valence-electron chi connectivity index (χ2n) is 4.74. The number of alkyl halides is 3. The SMILES string of the molecule is Cc1ccc(C(C)NCC(F)(F)F)c2ccccc12. The number of fused-ring (bicyclic) bond motifs is 1. The Bertz CT molecular complexity index is 575. The van der Waals surface area contributed by atoms with Gasteiger partial charge in [-0.05, 0) is 35.7 Å². The van der Waals surface area contributed by atoms with Gasteiger partial charge < -0.3 is 5.32 Å². The molecule has 2 rings (SSSR count). The molecule has 0 aromatic heterocycles. The number of hydrogen-bond donors (Lipinski definition) is 1. The van der Waals surface area contributed by atoms with Crippen LogP contribution in [0.3, 0.4) is 0 Å². The van der Waals surface area contributed by atoms with Crippen LogP contribution in [0.15, 0.2) is 36.4 Å². The van der Waals surface area contributed by atoms with Crippen molar-refractivity contribution in [3.05, 3.63) is 47.5 Å². The largest absolute Gasteiger partial charge is 0.401 e. The second-order valence-corrected chi connectivity index (χ2v) is 4.74. The van der Waals surface area contributed by atoms with E-state index in [1.54, 1.807) is 6.92 Å². The second kappa shape index (κ2) is 5.21. The lowest BCUT2D eigenvalue weighted by molar-refractivity contribution is -0.126. The van der Waals surface area contributed by atoms with Crippen molar-refractivity contribution in [2.24, 2.45) is 0 Å². The maximum atomic E-state index is 12.2. The van der Waals surface area contributed by atoms with Gasteiger partial charge in [0.15, 0.2) is 0 Å². The fourth-order valence-corrected chi connectivity index (χ4v) is 2.23. The number of rotatable bonds is 3. The van der Waals surface area contributed by atoms with E-state index in [1.807, 2.05) is 43.3 Å². The van der Waals surface area contributed by atoms with E-state index in [4.69, 9.17) is 0 Å². The topological polar surface area (TPSA) is 12.0 Å². The first-order valence-corrected chi connectivity index (χ1v) is 6.17. The van der Waals surface area contributed by atoms with Crippen LogP contribution in [0.5, 0.6) is 0 Å². The van der Waals surface area contributed by atoms with Gasteiger partial charge in [0.25, 0.3) is 0 Å². The highest BCUT2D eigenvalue weighted by Gasteiger charge is 2.27. The van der Waals surface area contributed by atoms with E-state index in [-0.39, 0.29) is 6.04 Å². The quantitative estimate of drug-likeness (QED) is 0.871. The summed E-state index contributed by atoms with van der Waals surface area (Å²) in [5, 5.41) is 4.61. The van der Waals surface area contributed by atoms with Crippen molar-refractivity contribution in [2.45, 2.75) is 26.1 Å². The molecular weight excluding hydrogens is 251 g/mol. The van der Waals surface area contributed by atoms with Gasteiger partial charge in [0.05, 0.1) is 6.54 Å². The molecule has 2 aromatic rings. The Morgan fingerprint density at radius 1 is 1.05 bits per heavy atom. The maximum absolute atomic E-state index is 12.2. The van der Waals surface area contributed by atoms with E-state index in [0.717, 1.165) is 21.9 Å². The Balaban J connectivity index is 2.32. The zero-order chi connectivity index (χ0) is 14.0. The Labute approximate surface area is 110 Å². The van der Waals surface area contributed by atoms with Gasteiger partial charge in [-0.3, -0.25) is 0 Å². The summed E-state index contributed by atoms with van der Waals surface area (Å²) in [4.78, 5) is 0. The minimum Gasteiger partial charge on any atom is -0.302 e. The summed E-state index contributed by atoms with van der Waals surface area (Å²) in [6.07, 6.45) is -4.19. The van der Waals surface area contributed by atoms with Crippen molar-refractivity contribution in [1.29, 1.82) is 0 Å². The Hall–Kier alpha value is -1.55. The summed E-state index contributed by atoms with van der Waals surface area (Å²) >= 11 is 0. The number of aryl methyl sites for hydroxylation is 1. The zero-order valence-corrected chi connectivity index (χ0v) is 10.9. The monoisotopic (exact) mass is 267 g/mol. The number of halogens is 3. The van der Waals surface area contributed by atoms with Crippen molar-refractivity contribution in [3.63, 3.8) is 0 Å². The standard InChI is InChI=1S/C15H16F3N/c1-10-7-8-13(11(2)19-9-15(16,17)18)14-6-4-3-5-12(10)14/h3-8,11,19H,9H2,1-2H3. The average Bonchev–Trinajstić information content (AvgIpc) is 2.36. The molecule has 1 unspecified atom stereocenters. The van der Waals surface area contributed by atoms with Crippen LogP contribution in [0.25, 0.3) is 10.8 Å². The van der Waals surface area contributed by atoms with Gasteiger partial charge in [0.2, 0.25) is 0 Å². The van der Waals surface area contributed by atoms with E-state index in [2.05, 4.69) is 5.32 Å². The molecule has 0 aliphatic carbocycles. The van der Waals surface area contributed by atoms with Crippen LogP contribution >= 0.6 is 0 Å². The molecule has 0 radical (unpaired) electrons. The van der Waals surface area contributed by atoms with Crippen molar-refractivity contribution < 1.29 is 13.2 Å². The fraction of sp³-hybridized carbons (Fsp3) is 0.333. The lowest BCUT2D eigenvalue weighted by Gasteiger charge is -2.18. The third-order valence-electron chi connectivity index (χ3n) is 3.25. The molecule has 0 aliphatic heterocycles. The first-order valence-electron chi connectivity index (χ1n) is 6.17. The van der Waals surface area contributed by atoms with E-state index in [1.165, 1.54) is 0 Å². The summed E-state index contributed by atoms with van der Waals surface area (Å²) in [5.74, 6) is 0. The molecule has 0 saturated carbocycles. The molecule has 102 valence electrons. The Kier molecular flexibility index (Phi) is 3.80. The van der Waals surface area contributed by atoms with E-state index in [0.29, 0.717) is 0 Å². The molecule has 0 fully saturated rings. The van der Waals surface area contributed by atoms with Crippen molar-refractivity contribution in [3.8, 4) is 0 Å². The van der Waals surface area contributed by atoms with Crippen molar-refractivity contribution in [2.75, 3.05) is 6.54 Å². The van der Waals surface area contributed by atoms with E-state index < -0.39 is 12.7 Å². The molecule has 1 nitrogen and oxygen atoms in total. The lowest BCUT2D eigenvalue weighted by Crippen LogP contribution is -2.30. The molecule has 1 atom stereocenters. The van der Waals surface area contributed by atoms with Crippen LogP contribution in [0, 0.1) is 6.92 Å². The van der Waals surface area contributed by atoms with Gasteiger partial charge in [0, 0.05) is 6.04 Å². The fourth-order valence-electron chi connectivity index (χ4n) is 2.23. The third kappa shape index (κ3) is 3.26. The van der Waals surface area contributed by atoms with Crippen LogP contribution in [-0.4, -0.2) is 12.7 Å². The molecule has 19 heavy (non-hydrogen) atoms. The number of nitrogens with one attached hydrogen (secondary N) is 1. The third-order valence-corrected chi connectivity index (χ3v) is 3.25. The number of hydrogen-bond acceptors (Lipinski definition) is 1. The molecule has 1 N–H and O–H groups in total. The van der Waals surface area contributed by atoms with Crippen LogP contribution < -0.4 is 5.32 Å². The highest BCUT2D eigenvalue weighted by atomic mass is 19.4. The highest BCUT2D eigenvalue weighted by molar-refractivity contribution is 5.88. The summed E-state index contributed by atoms with van der Waals surface area (Å²) in [6, 6.07) is 11.3. The van der Waals surface area contributed by atoms with E-state index >= 15 is 0 Å². The smallest absolute Gasteiger partial charge is 0.302 e. The maximum Gasteiger partial charge on any atom is 0.401 e. The first kappa shape index (κ1) is 13.9. The minimum atomic E-state index is -4.19. The molecular formula is C15H16F3N. The Morgan fingerprint density at radius 2 is 1.68 bits per heavy atom. The molecule has 0 heterocycles. The van der Waals surface area contributed by atoms with Crippen LogP contribution in [0.2, 0.25) is 0 Å². The summed E-state index contributed by atoms with van der Waals surface area (Å²) in [6.45, 7) is 2.78. The minimum absolute atomic E-state index is 0.341. The predicted molar refractivity (Wildman–Crippen MR) is 71.2 cm³/mol. The van der Waals surface area contributed by atoms with Crippen LogP contribution in [0.1, 0.15) is 24.1 Å². The average molecular weight is 267 g/mol. The summed E-state index contributed by atoms with van der Waals surface area (Å²) in [7, 11) is 0.